The highest BCUT2D eigenvalue weighted by Gasteiger charge is 2.12. The second-order valence-electron chi connectivity index (χ2n) is 2.64. The first-order valence-corrected chi connectivity index (χ1v) is 3.79. The second-order valence-corrected chi connectivity index (χ2v) is 3.04. The minimum absolute atomic E-state index is 0.620. The van der Waals surface area contributed by atoms with E-state index in [1.807, 2.05) is 12.1 Å². The lowest BCUT2D eigenvalue weighted by atomic mass is 10.1. The molecule has 1 aromatic rings. The van der Waals surface area contributed by atoms with Crippen molar-refractivity contribution in [3.05, 3.63) is 28.3 Å². The number of fused-ring (bicyclic) bond motifs is 1. The molecule has 0 atom stereocenters. The van der Waals surface area contributed by atoms with Gasteiger partial charge in [-0.1, -0.05) is 11.6 Å². The summed E-state index contributed by atoms with van der Waals surface area (Å²) < 4.78 is 5.21. The summed E-state index contributed by atoms with van der Waals surface area (Å²) in [5.74, 6) is 0. The third kappa shape index (κ3) is 1.08. The predicted octanol–water partition coefficient (Wildman–Crippen LogP) is 1.95. The SMILES string of the molecule is Nc1cc2c(cc1Cl)COC2. The van der Waals surface area contributed by atoms with Crippen LogP contribution in [0.3, 0.4) is 0 Å². The fourth-order valence-corrected chi connectivity index (χ4v) is 1.40. The van der Waals surface area contributed by atoms with Crippen LogP contribution in [-0.2, 0) is 18.0 Å². The van der Waals surface area contributed by atoms with Crippen LogP contribution in [0, 0.1) is 0 Å². The molecule has 0 unspecified atom stereocenters. The van der Waals surface area contributed by atoms with Gasteiger partial charge in [0.25, 0.3) is 0 Å². The van der Waals surface area contributed by atoms with E-state index >= 15 is 0 Å². The molecule has 11 heavy (non-hydrogen) atoms. The van der Waals surface area contributed by atoms with Crippen LogP contribution in [0.4, 0.5) is 5.69 Å². The first-order valence-electron chi connectivity index (χ1n) is 3.42. The molecule has 2 N–H and O–H groups in total. The van der Waals surface area contributed by atoms with Gasteiger partial charge in [0.2, 0.25) is 0 Å². The lowest BCUT2D eigenvalue weighted by Crippen LogP contribution is -1.90. The Bertz CT molecular complexity index is 269. The lowest BCUT2D eigenvalue weighted by Gasteiger charge is -2.00. The minimum atomic E-state index is 0.620. The van der Waals surface area contributed by atoms with Gasteiger partial charge >= 0.3 is 0 Å². The molecule has 1 aliphatic heterocycles. The minimum Gasteiger partial charge on any atom is -0.398 e. The molecule has 0 saturated carbocycles. The van der Waals surface area contributed by atoms with Gasteiger partial charge in [-0.05, 0) is 23.3 Å². The number of rotatable bonds is 0. The number of benzene rings is 1. The number of halogens is 1. The zero-order valence-corrected chi connectivity index (χ0v) is 6.69. The van der Waals surface area contributed by atoms with Crippen LogP contribution in [0.5, 0.6) is 0 Å². The van der Waals surface area contributed by atoms with Crippen LogP contribution in [0.2, 0.25) is 5.02 Å². The van der Waals surface area contributed by atoms with E-state index in [1.54, 1.807) is 0 Å². The maximum atomic E-state index is 5.81. The number of nitrogens with two attached hydrogens (primary N) is 1. The maximum absolute atomic E-state index is 5.81. The van der Waals surface area contributed by atoms with Gasteiger partial charge in [-0.2, -0.15) is 0 Å². The third-order valence-corrected chi connectivity index (χ3v) is 2.16. The monoisotopic (exact) mass is 169 g/mol. The van der Waals surface area contributed by atoms with E-state index in [0.717, 1.165) is 11.1 Å². The Labute approximate surface area is 69.9 Å². The molecule has 1 aliphatic rings. The summed E-state index contributed by atoms with van der Waals surface area (Å²) in [6, 6.07) is 3.75. The van der Waals surface area contributed by atoms with Crippen LogP contribution in [-0.4, -0.2) is 0 Å². The van der Waals surface area contributed by atoms with Crippen molar-refractivity contribution in [1.29, 1.82) is 0 Å². The average Bonchev–Trinajstić information content (AvgIpc) is 2.36. The normalized spacial score (nSPS) is 15.0. The molecule has 1 heterocycles. The van der Waals surface area contributed by atoms with E-state index in [9.17, 15) is 0 Å². The molecule has 0 fully saturated rings. The largest absolute Gasteiger partial charge is 0.398 e. The molecule has 0 amide bonds. The Morgan fingerprint density at radius 2 is 1.91 bits per heavy atom. The summed E-state index contributed by atoms with van der Waals surface area (Å²) in [6.07, 6.45) is 0. The molecule has 2 rings (SSSR count). The van der Waals surface area contributed by atoms with E-state index in [0.29, 0.717) is 23.9 Å². The van der Waals surface area contributed by atoms with E-state index in [-0.39, 0.29) is 0 Å². The summed E-state index contributed by atoms with van der Waals surface area (Å²) in [5.41, 5.74) is 8.56. The van der Waals surface area contributed by atoms with Crippen molar-refractivity contribution in [2.24, 2.45) is 0 Å². The fraction of sp³-hybridized carbons (Fsp3) is 0.250. The smallest absolute Gasteiger partial charge is 0.0725 e. The Morgan fingerprint density at radius 3 is 2.64 bits per heavy atom. The quantitative estimate of drug-likeness (QED) is 0.603. The lowest BCUT2D eigenvalue weighted by molar-refractivity contribution is 0.134. The topological polar surface area (TPSA) is 35.2 Å². The van der Waals surface area contributed by atoms with Crippen LogP contribution >= 0.6 is 11.6 Å². The van der Waals surface area contributed by atoms with E-state index in [1.165, 1.54) is 0 Å². The van der Waals surface area contributed by atoms with Crippen LogP contribution < -0.4 is 5.73 Å². The van der Waals surface area contributed by atoms with Gasteiger partial charge < -0.3 is 10.5 Å². The third-order valence-electron chi connectivity index (χ3n) is 1.83. The molecule has 0 saturated heterocycles. The molecule has 0 radical (unpaired) electrons. The summed E-state index contributed by atoms with van der Waals surface area (Å²) in [6.45, 7) is 1.33. The average molecular weight is 170 g/mol. The number of nitrogen functional groups attached to an aromatic ring is 1. The van der Waals surface area contributed by atoms with Crippen molar-refractivity contribution >= 4 is 17.3 Å². The molecule has 1 aromatic carbocycles. The first-order chi connectivity index (χ1) is 5.27. The molecule has 3 heteroatoms. The van der Waals surface area contributed by atoms with Crippen LogP contribution in [0.1, 0.15) is 11.1 Å². The highest BCUT2D eigenvalue weighted by molar-refractivity contribution is 6.33. The Hall–Kier alpha value is -0.730. The standard InChI is InChI=1S/C8H8ClNO/c9-7-1-5-3-11-4-6(5)2-8(7)10/h1-2H,3-4,10H2. The molecule has 2 nitrogen and oxygen atoms in total. The van der Waals surface area contributed by atoms with Gasteiger partial charge in [-0.25, -0.2) is 0 Å². The molecule has 58 valence electrons. The van der Waals surface area contributed by atoms with E-state index in [4.69, 9.17) is 22.1 Å². The highest BCUT2D eigenvalue weighted by Crippen LogP contribution is 2.28. The Kier molecular flexibility index (Phi) is 1.51. The molecular formula is C8H8ClNO. The van der Waals surface area contributed by atoms with Gasteiger partial charge in [0.15, 0.2) is 0 Å². The summed E-state index contributed by atoms with van der Waals surface area (Å²) in [4.78, 5) is 0. The van der Waals surface area contributed by atoms with Gasteiger partial charge in [0.05, 0.1) is 23.9 Å². The van der Waals surface area contributed by atoms with Crippen LogP contribution in [0.15, 0.2) is 12.1 Å². The molecule has 0 aliphatic carbocycles. The van der Waals surface area contributed by atoms with E-state index < -0.39 is 0 Å². The fourth-order valence-electron chi connectivity index (χ4n) is 1.22. The van der Waals surface area contributed by atoms with Gasteiger partial charge in [-0.15, -0.1) is 0 Å². The summed E-state index contributed by atoms with van der Waals surface area (Å²) >= 11 is 5.81. The highest BCUT2D eigenvalue weighted by atomic mass is 35.5. The van der Waals surface area contributed by atoms with Crippen molar-refractivity contribution < 1.29 is 4.74 Å². The summed E-state index contributed by atoms with van der Waals surface area (Å²) in [7, 11) is 0. The first kappa shape index (κ1) is 6.95. The molecule has 0 spiro atoms. The van der Waals surface area contributed by atoms with Gasteiger partial charge in [-0.3, -0.25) is 0 Å². The van der Waals surface area contributed by atoms with Gasteiger partial charge in [0, 0.05) is 0 Å². The van der Waals surface area contributed by atoms with Crippen molar-refractivity contribution in [3.63, 3.8) is 0 Å². The van der Waals surface area contributed by atoms with Gasteiger partial charge in [0.1, 0.15) is 0 Å². The molecule has 0 aromatic heterocycles. The van der Waals surface area contributed by atoms with Crippen molar-refractivity contribution in [2.75, 3.05) is 5.73 Å². The maximum Gasteiger partial charge on any atom is 0.0725 e. The summed E-state index contributed by atoms with van der Waals surface area (Å²) in [5, 5.41) is 0.620. The number of hydrogen-bond acceptors (Lipinski definition) is 2. The van der Waals surface area contributed by atoms with Crippen molar-refractivity contribution in [2.45, 2.75) is 13.2 Å². The van der Waals surface area contributed by atoms with Crippen LogP contribution in [0.25, 0.3) is 0 Å². The van der Waals surface area contributed by atoms with Crippen molar-refractivity contribution in [1.82, 2.24) is 0 Å². The number of anilines is 1. The Balaban J connectivity index is 2.57. The second kappa shape index (κ2) is 2.40. The zero-order chi connectivity index (χ0) is 7.84. The van der Waals surface area contributed by atoms with Crippen molar-refractivity contribution in [3.8, 4) is 0 Å². The Morgan fingerprint density at radius 1 is 1.27 bits per heavy atom. The zero-order valence-electron chi connectivity index (χ0n) is 5.93. The molecule has 0 bridgehead atoms. The predicted molar refractivity (Wildman–Crippen MR) is 44.4 cm³/mol. The molecular weight excluding hydrogens is 162 g/mol. The van der Waals surface area contributed by atoms with E-state index in [2.05, 4.69) is 0 Å². The number of hydrogen-bond donors (Lipinski definition) is 1. The number of ether oxygens (including phenoxy) is 1.